The number of nitrogens with zero attached hydrogens (tertiary/aromatic N) is 3. The Bertz CT molecular complexity index is 739. The van der Waals surface area contributed by atoms with Gasteiger partial charge in [-0.15, -0.1) is 0 Å². The molecule has 0 amide bonds. The van der Waals surface area contributed by atoms with Crippen molar-refractivity contribution in [1.82, 2.24) is 19.3 Å². The average molecular weight is 321 g/mol. The molecule has 0 aliphatic heterocycles. The van der Waals surface area contributed by atoms with Crippen LogP contribution in [0.5, 0.6) is 0 Å². The molecular formula is C14H19N5O2S. The molecule has 1 aliphatic carbocycles. The Morgan fingerprint density at radius 3 is 2.64 bits per heavy atom. The summed E-state index contributed by atoms with van der Waals surface area (Å²) >= 11 is 0. The van der Waals surface area contributed by atoms with Crippen LogP contribution in [-0.2, 0) is 10.0 Å². The predicted molar refractivity (Wildman–Crippen MR) is 84.5 cm³/mol. The first kappa shape index (κ1) is 15.0. The first-order valence-electron chi connectivity index (χ1n) is 7.26. The number of rotatable bonds is 7. The zero-order valence-electron chi connectivity index (χ0n) is 12.4. The summed E-state index contributed by atoms with van der Waals surface area (Å²) in [5, 5.41) is 2.94. The molecule has 2 N–H and O–H groups in total. The Morgan fingerprint density at radius 2 is 1.95 bits per heavy atom. The molecule has 1 saturated carbocycles. The highest BCUT2D eigenvalue weighted by Crippen LogP contribution is 2.27. The second-order valence-corrected chi connectivity index (χ2v) is 7.36. The zero-order valence-corrected chi connectivity index (χ0v) is 13.2. The van der Waals surface area contributed by atoms with Crippen molar-refractivity contribution in [2.45, 2.75) is 25.0 Å². The predicted octanol–water partition coefficient (Wildman–Crippen LogP) is 1.07. The summed E-state index contributed by atoms with van der Waals surface area (Å²) in [6.07, 6.45) is 5.37. The van der Waals surface area contributed by atoms with Crippen LogP contribution in [-0.4, -0.2) is 41.3 Å². The van der Waals surface area contributed by atoms with Crippen molar-refractivity contribution < 1.29 is 8.42 Å². The molecule has 2 heterocycles. The highest BCUT2D eigenvalue weighted by atomic mass is 32.2. The van der Waals surface area contributed by atoms with E-state index in [9.17, 15) is 8.42 Å². The molecule has 22 heavy (non-hydrogen) atoms. The summed E-state index contributed by atoms with van der Waals surface area (Å²) in [4.78, 5) is 8.69. The lowest BCUT2D eigenvalue weighted by molar-refractivity contribution is 0.581. The van der Waals surface area contributed by atoms with Crippen molar-refractivity contribution in [2.24, 2.45) is 0 Å². The third-order valence-electron chi connectivity index (χ3n) is 3.39. The van der Waals surface area contributed by atoms with Gasteiger partial charge in [-0.1, -0.05) is 0 Å². The topological polar surface area (TPSA) is 88.9 Å². The smallest absolute Gasteiger partial charge is 0.214 e. The zero-order chi connectivity index (χ0) is 15.6. The van der Waals surface area contributed by atoms with Gasteiger partial charge in [0.15, 0.2) is 0 Å². The van der Waals surface area contributed by atoms with Crippen molar-refractivity contribution in [3.63, 3.8) is 0 Å². The second-order valence-electron chi connectivity index (χ2n) is 5.31. The van der Waals surface area contributed by atoms with Crippen LogP contribution in [0.15, 0.2) is 30.6 Å². The number of aromatic nitrogens is 3. The molecule has 0 saturated heterocycles. The highest BCUT2D eigenvalue weighted by molar-refractivity contribution is 7.90. The SMILES string of the molecule is Cc1nc(NCCNS(=O)(=O)C2CC2)cc(-n2cccc2)n1. The summed E-state index contributed by atoms with van der Waals surface area (Å²) < 4.78 is 27.9. The number of aryl methyl sites for hydroxylation is 1. The van der Waals surface area contributed by atoms with E-state index in [1.807, 2.05) is 42.1 Å². The van der Waals surface area contributed by atoms with Gasteiger partial charge in [-0.05, 0) is 31.9 Å². The minimum atomic E-state index is -3.12. The van der Waals surface area contributed by atoms with Gasteiger partial charge < -0.3 is 9.88 Å². The van der Waals surface area contributed by atoms with E-state index < -0.39 is 10.0 Å². The van der Waals surface area contributed by atoms with Gasteiger partial charge in [0.2, 0.25) is 10.0 Å². The standard InChI is InChI=1S/C14H19N5O2S/c1-11-17-13(10-14(18-11)19-8-2-3-9-19)15-6-7-16-22(20,21)12-4-5-12/h2-3,8-10,12,16H,4-7H2,1H3,(H,15,17,18). The van der Waals surface area contributed by atoms with E-state index in [1.54, 1.807) is 0 Å². The van der Waals surface area contributed by atoms with Gasteiger partial charge in [0.25, 0.3) is 0 Å². The van der Waals surface area contributed by atoms with Crippen molar-refractivity contribution in [1.29, 1.82) is 0 Å². The maximum absolute atomic E-state index is 11.7. The van der Waals surface area contributed by atoms with E-state index in [0.29, 0.717) is 24.7 Å². The van der Waals surface area contributed by atoms with Gasteiger partial charge in [0.05, 0.1) is 5.25 Å². The Kier molecular flexibility index (Phi) is 4.12. The lowest BCUT2D eigenvalue weighted by Crippen LogP contribution is -2.31. The monoisotopic (exact) mass is 321 g/mol. The highest BCUT2D eigenvalue weighted by Gasteiger charge is 2.35. The first-order valence-corrected chi connectivity index (χ1v) is 8.80. The summed E-state index contributed by atoms with van der Waals surface area (Å²) in [7, 11) is -3.12. The van der Waals surface area contributed by atoms with Crippen molar-refractivity contribution in [2.75, 3.05) is 18.4 Å². The molecule has 2 aromatic rings. The van der Waals surface area contributed by atoms with E-state index in [0.717, 1.165) is 18.7 Å². The van der Waals surface area contributed by atoms with Gasteiger partial charge in [-0.3, -0.25) is 0 Å². The van der Waals surface area contributed by atoms with Crippen LogP contribution in [0.25, 0.3) is 5.82 Å². The molecule has 0 radical (unpaired) electrons. The normalized spacial score (nSPS) is 15.0. The molecule has 1 fully saturated rings. The van der Waals surface area contributed by atoms with E-state index in [4.69, 9.17) is 0 Å². The first-order chi connectivity index (χ1) is 10.5. The molecule has 0 bridgehead atoms. The Balaban J connectivity index is 1.58. The van der Waals surface area contributed by atoms with Gasteiger partial charge in [0.1, 0.15) is 17.5 Å². The molecule has 2 aromatic heterocycles. The van der Waals surface area contributed by atoms with Crippen molar-refractivity contribution >= 4 is 15.8 Å². The molecule has 0 atom stereocenters. The van der Waals surface area contributed by atoms with E-state index in [-0.39, 0.29) is 5.25 Å². The number of nitrogens with one attached hydrogen (secondary N) is 2. The summed E-state index contributed by atoms with van der Waals surface area (Å²) in [5.41, 5.74) is 0. The quantitative estimate of drug-likeness (QED) is 0.745. The maximum atomic E-state index is 11.7. The molecule has 8 heteroatoms. The fourth-order valence-corrected chi connectivity index (χ4v) is 3.52. The van der Waals surface area contributed by atoms with Crippen LogP contribution in [0, 0.1) is 6.92 Å². The third-order valence-corrected chi connectivity index (χ3v) is 5.35. The average Bonchev–Trinajstić information content (AvgIpc) is 3.20. The van der Waals surface area contributed by atoms with E-state index in [2.05, 4.69) is 20.0 Å². The van der Waals surface area contributed by atoms with Gasteiger partial charge >= 0.3 is 0 Å². The molecule has 1 aliphatic rings. The van der Waals surface area contributed by atoms with Crippen LogP contribution >= 0.6 is 0 Å². The lowest BCUT2D eigenvalue weighted by atomic mass is 10.4. The van der Waals surface area contributed by atoms with Crippen LogP contribution < -0.4 is 10.0 Å². The molecule has 0 aromatic carbocycles. The molecule has 0 spiro atoms. The van der Waals surface area contributed by atoms with E-state index in [1.165, 1.54) is 0 Å². The maximum Gasteiger partial charge on any atom is 0.214 e. The lowest BCUT2D eigenvalue weighted by Gasteiger charge is -2.10. The van der Waals surface area contributed by atoms with Crippen LogP contribution in [0.1, 0.15) is 18.7 Å². The minimum absolute atomic E-state index is 0.186. The van der Waals surface area contributed by atoms with Crippen molar-refractivity contribution in [3.05, 3.63) is 36.4 Å². The molecular weight excluding hydrogens is 302 g/mol. The Labute approximate surface area is 129 Å². The summed E-state index contributed by atoms with van der Waals surface area (Å²) in [6, 6.07) is 5.69. The largest absolute Gasteiger partial charge is 0.369 e. The van der Waals surface area contributed by atoms with Gasteiger partial charge in [-0.2, -0.15) is 0 Å². The van der Waals surface area contributed by atoms with E-state index >= 15 is 0 Å². The Morgan fingerprint density at radius 1 is 1.23 bits per heavy atom. The second kappa shape index (κ2) is 6.05. The number of hydrogen-bond acceptors (Lipinski definition) is 5. The number of hydrogen-bond donors (Lipinski definition) is 2. The fourth-order valence-electron chi connectivity index (χ4n) is 2.14. The molecule has 118 valence electrons. The van der Waals surface area contributed by atoms with Gasteiger partial charge in [0, 0.05) is 31.5 Å². The fraction of sp³-hybridized carbons (Fsp3) is 0.429. The van der Waals surface area contributed by atoms with Gasteiger partial charge in [-0.25, -0.2) is 23.1 Å². The molecule has 0 unspecified atom stereocenters. The Hall–Kier alpha value is -1.93. The molecule has 3 rings (SSSR count). The van der Waals surface area contributed by atoms with Crippen LogP contribution in [0.3, 0.4) is 0 Å². The van der Waals surface area contributed by atoms with Crippen LogP contribution in [0.4, 0.5) is 5.82 Å². The van der Waals surface area contributed by atoms with Crippen LogP contribution in [0.2, 0.25) is 0 Å². The minimum Gasteiger partial charge on any atom is -0.369 e. The number of anilines is 1. The number of sulfonamides is 1. The molecule has 7 nitrogen and oxygen atoms in total. The van der Waals surface area contributed by atoms with Crippen molar-refractivity contribution in [3.8, 4) is 5.82 Å². The summed E-state index contributed by atoms with van der Waals surface area (Å²) in [6.45, 7) is 2.66. The third kappa shape index (κ3) is 3.63. The summed E-state index contributed by atoms with van der Waals surface area (Å²) in [5.74, 6) is 2.12.